The minimum Gasteiger partial charge on any atom is -0.0651 e. The maximum Gasteiger partial charge on any atom is -0.0357 e. The van der Waals surface area contributed by atoms with Gasteiger partial charge < -0.3 is 0 Å². The second-order valence-electron chi connectivity index (χ2n) is 6.26. The van der Waals surface area contributed by atoms with Crippen molar-refractivity contribution < 1.29 is 0 Å². The van der Waals surface area contributed by atoms with E-state index in [0.29, 0.717) is 5.41 Å². The summed E-state index contributed by atoms with van der Waals surface area (Å²) in [6, 6.07) is 0. The standard InChI is InChI=1S/C15H32/c1-7-13(3)12-14(4)10-9-11-15(5,6)8-2/h13-14H,7-12H2,1-6H3. The van der Waals surface area contributed by atoms with Gasteiger partial charge >= 0.3 is 0 Å². The van der Waals surface area contributed by atoms with Crippen molar-refractivity contribution >= 4 is 0 Å². The fourth-order valence-electron chi connectivity index (χ4n) is 2.08. The van der Waals surface area contributed by atoms with Crippen molar-refractivity contribution in [2.24, 2.45) is 17.3 Å². The van der Waals surface area contributed by atoms with Crippen LogP contribution < -0.4 is 0 Å². The van der Waals surface area contributed by atoms with E-state index >= 15 is 0 Å². The summed E-state index contributed by atoms with van der Waals surface area (Å²) in [5.74, 6) is 1.84. The van der Waals surface area contributed by atoms with Gasteiger partial charge in [-0.2, -0.15) is 0 Å². The lowest BCUT2D eigenvalue weighted by molar-refractivity contribution is 0.288. The fourth-order valence-corrected chi connectivity index (χ4v) is 2.08. The molecule has 0 nitrogen and oxygen atoms in total. The lowest BCUT2D eigenvalue weighted by Crippen LogP contribution is -2.10. The van der Waals surface area contributed by atoms with Crippen molar-refractivity contribution in [1.82, 2.24) is 0 Å². The van der Waals surface area contributed by atoms with Crippen LogP contribution in [0.15, 0.2) is 0 Å². The summed E-state index contributed by atoms with van der Waals surface area (Å²) in [6.45, 7) is 14.2. The minimum absolute atomic E-state index is 0.566. The first-order valence-corrected chi connectivity index (χ1v) is 6.91. The molecule has 0 heterocycles. The number of hydrogen-bond acceptors (Lipinski definition) is 0. The van der Waals surface area contributed by atoms with E-state index in [9.17, 15) is 0 Å². The summed E-state index contributed by atoms with van der Waals surface area (Å²) >= 11 is 0. The van der Waals surface area contributed by atoms with Crippen LogP contribution in [-0.2, 0) is 0 Å². The molecule has 0 amide bonds. The first-order chi connectivity index (χ1) is 6.91. The quantitative estimate of drug-likeness (QED) is 0.486. The summed E-state index contributed by atoms with van der Waals surface area (Å²) in [5, 5.41) is 0. The van der Waals surface area contributed by atoms with Crippen LogP contribution in [0.2, 0.25) is 0 Å². The normalized spacial score (nSPS) is 16.4. The zero-order valence-electron chi connectivity index (χ0n) is 11.9. The molecule has 0 aliphatic heterocycles. The van der Waals surface area contributed by atoms with Crippen molar-refractivity contribution in [1.29, 1.82) is 0 Å². The Kier molecular flexibility index (Phi) is 7.30. The van der Waals surface area contributed by atoms with E-state index in [1.807, 2.05) is 0 Å². The van der Waals surface area contributed by atoms with Gasteiger partial charge in [0, 0.05) is 0 Å². The highest BCUT2D eigenvalue weighted by Gasteiger charge is 2.15. The van der Waals surface area contributed by atoms with E-state index in [0.717, 1.165) is 11.8 Å². The molecule has 2 unspecified atom stereocenters. The molecule has 15 heavy (non-hydrogen) atoms. The van der Waals surface area contributed by atoms with Gasteiger partial charge in [-0.1, -0.05) is 67.2 Å². The Balaban J connectivity index is 3.59. The van der Waals surface area contributed by atoms with Gasteiger partial charge in [-0.3, -0.25) is 0 Å². The highest BCUT2D eigenvalue weighted by atomic mass is 14.2. The fraction of sp³-hybridized carbons (Fsp3) is 1.00. The largest absolute Gasteiger partial charge is 0.0651 e. The van der Waals surface area contributed by atoms with E-state index < -0.39 is 0 Å². The molecule has 0 radical (unpaired) electrons. The average molecular weight is 212 g/mol. The molecular weight excluding hydrogens is 180 g/mol. The van der Waals surface area contributed by atoms with Crippen molar-refractivity contribution in [2.45, 2.75) is 80.1 Å². The SMILES string of the molecule is CCC(C)CC(C)CCCC(C)(C)CC. The van der Waals surface area contributed by atoms with Crippen LogP contribution in [0.4, 0.5) is 0 Å². The molecule has 0 saturated carbocycles. The Hall–Kier alpha value is 0. The van der Waals surface area contributed by atoms with Gasteiger partial charge in [0.2, 0.25) is 0 Å². The topological polar surface area (TPSA) is 0 Å². The number of hydrogen-bond donors (Lipinski definition) is 0. The van der Waals surface area contributed by atoms with Crippen LogP contribution in [-0.4, -0.2) is 0 Å². The van der Waals surface area contributed by atoms with Crippen LogP contribution in [0.3, 0.4) is 0 Å². The van der Waals surface area contributed by atoms with E-state index in [1.165, 1.54) is 38.5 Å². The first kappa shape index (κ1) is 15.0. The minimum atomic E-state index is 0.566. The first-order valence-electron chi connectivity index (χ1n) is 6.91. The summed E-state index contributed by atoms with van der Waals surface area (Å²) in [4.78, 5) is 0. The van der Waals surface area contributed by atoms with Gasteiger partial charge in [0.05, 0.1) is 0 Å². The van der Waals surface area contributed by atoms with Crippen LogP contribution in [0.5, 0.6) is 0 Å². The van der Waals surface area contributed by atoms with Crippen LogP contribution in [0.1, 0.15) is 80.1 Å². The van der Waals surface area contributed by atoms with Gasteiger partial charge in [0.25, 0.3) is 0 Å². The Morgan fingerprint density at radius 1 is 1.00 bits per heavy atom. The maximum absolute atomic E-state index is 2.42. The lowest BCUT2D eigenvalue weighted by atomic mass is 9.82. The second-order valence-corrected chi connectivity index (χ2v) is 6.26. The van der Waals surface area contributed by atoms with Crippen LogP contribution in [0, 0.1) is 17.3 Å². The zero-order valence-corrected chi connectivity index (χ0v) is 11.9. The van der Waals surface area contributed by atoms with E-state index in [1.54, 1.807) is 0 Å². The van der Waals surface area contributed by atoms with Gasteiger partial charge in [0.1, 0.15) is 0 Å². The summed E-state index contributed by atoms with van der Waals surface area (Å²) < 4.78 is 0. The summed E-state index contributed by atoms with van der Waals surface area (Å²) in [6.07, 6.45) is 8.31. The molecule has 0 N–H and O–H groups in total. The molecule has 0 spiro atoms. The second kappa shape index (κ2) is 7.30. The lowest BCUT2D eigenvalue weighted by Gasteiger charge is -2.23. The van der Waals surface area contributed by atoms with Crippen LogP contribution >= 0.6 is 0 Å². The Labute approximate surface area is 97.8 Å². The Bertz CT molecular complexity index is 146. The Morgan fingerprint density at radius 2 is 1.60 bits per heavy atom. The molecular formula is C15H32. The van der Waals surface area contributed by atoms with Crippen molar-refractivity contribution in [3.63, 3.8) is 0 Å². The van der Waals surface area contributed by atoms with Crippen LogP contribution in [0.25, 0.3) is 0 Å². The molecule has 0 aromatic carbocycles. The molecule has 0 aromatic heterocycles. The third-order valence-electron chi connectivity index (χ3n) is 4.01. The molecule has 0 aliphatic rings. The third-order valence-corrected chi connectivity index (χ3v) is 4.01. The summed E-state index contributed by atoms with van der Waals surface area (Å²) in [7, 11) is 0. The molecule has 0 saturated heterocycles. The predicted octanol–water partition coefficient (Wildman–Crippen LogP) is 5.67. The molecule has 92 valence electrons. The van der Waals surface area contributed by atoms with E-state index in [-0.39, 0.29) is 0 Å². The zero-order chi connectivity index (χ0) is 11.9. The smallest absolute Gasteiger partial charge is 0.0357 e. The van der Waals surface area contributed by atoms with Crippen molar-refractivity contribution in [3.8, 4) is 0 Å². The van der Waals surface area contributed by atoms with Gasteiger partial charge in [-0.25, -0.2) is 0 Å². The Morgan fingerprint density at radius 3 is 2.07 bits per heavy atom. The highest BCUT2D eigenvalue weighted by Crippen LogP contribution is 2.29. The van der Waals surface area contributed by atoms with E-state index in [2.05, 4.69) is 41.5 Å². The molecule has 0 heteroatoms. The molecule has 2 atom stereocenters. The molecule has 0 bridgehead atoms. The van der Waals surface area contributed by atoms with Crippen molar-refractivity contribution in [3.05, 3.63) is 0 Å². The maximum atomic E-state index is 2.42. The van der Waals surface area contributed by atoms with Crippen molar-refractivity contribution in [2.75, 3.05) is 0 Å². The van der Waals surface area contributed by atoms with Gasteiger partial charge in [-0.15, -0.1) is 0 Å². The van der Waals surface area contributed by atoms with Gasteiger partial charge in [0.15, 0.2) is 0 Å². The summed E-state index contributed by atoms with van der Waals surface area (Å²) in [5.41, 5.74) is 0.566. The predicted molar refractivity (Wildman–Crippen MR) is 71.2 cm³/mol. The highest BCUT2D eigenvalue weighted by molar-refractivity contribution is 4.67. The molecule has 0 rings (SSSR count). The molecule has 0 fully saturated rings. The molecule has 0 aromatic rings. The number of rotatable bonds is 8. The van der Waals surface area contributed by atoms with Gasteiger partial charge in [-0.05, 0) is 30.1 Å². The monoisotopic (exact) mass is 212 g/mol. The van der Waals surface area contributed by atoms with E-state index in [4.69, 9.17) is 0 Å². The average Bonchev–Trinajstić information content (AvgIpc) is 2.17. The molecule has 0 aliphatic carbocycles. The third kappa shape index (κ3) is 7.88.